The lowest BCUT2D eigenvalue weighted by atomic mass is 10.1. The lowest BCUT2D eigenvalue weighted by molar-refractivity contribution is 0.102. The first kappa shape index (κ1) is 17.7. The van der Waals surface area contributed by atoms with Crippen molar-refractivity contribution in [3.05, 3.63) is 84.2 Å². The molecule has 0 atom stereocenters. The summed E-state index contributed by atoms with van der Waals surface area (Å²) in [7, 11) is 1.50. The van der Waals surface area contributed by atoms with Crippen molar-refractivity contribution in [2.75, 3.05) is 12.4 Å². The molecule has 1 amide bonds. The number of para-hydroxylation sites is 1. The SMILES string of the molecule is COc1ccccc1C(=O)Nc1ccc2nc(-c3ccc(F)c(F)c3)cn2c1. The number of benzene rings is 2. The van der Waals surface area contributed by atoms with Crippen LogP contribution in [-0.4, -0.2) is 22.4 Å². The molecule has 0 spiro atoms. The molecule has 0 aliphatic carbocycles. The molecule has 1 N–H and O–H groups in total. The molecule has 2 heterocycles. The second-order valence-corrected chi connectivity index (χ2v) is 6.09. The third-order valence-electron chi connectivity index (χ3n) is 4.28. The standard InChI is InChI=1S/C21H15F2N3O2/c1-28-19-5-3-2-4-15(19)21(27)24-14-7-9-20-25-18(12-26(20)11-14)13-6-8-16(22)17(23)10-13/h2-12H,1H3,(H,24,27). The van der Waals surface area contributed by atoms with E-state index in [0.717, 1.165) is 12.1 Å². The van der Waals surface area contributed by atoms with E-state index in [4.69, 9.17) is 4.74 Å². The first-order valence-electron chi connectivity index (χ1n) is 8.44. The largest absolute Gasteiger partial charge is 0.496 e. The fourth-order valence-corrected chi connectivity index (χ4v) is 2.89. The molecule has 0 fully saturated rings. The molecule has 140 valence electrons. The Bertz CT molecular complexity index is 1190. The molecule has 28 heavy (non-hydrogen) atoms. The van der Waals surface area contributed by atoms with Crippen molar-refractivity contribution in [3.8, 4) is 17.0 Å². The number of nitrogens with zero attached hydrogens (tertiary/aromatic N) is 2. The number of carbonyl (C=O) groups is 1. The number of halogens is 2. The van der Waals surface area contributed by atoms with Crippen LogP contribution in [0.25, 0.3) is 16.9 Å². The number of aromatic nitrogens is 2. The number of anilines is 1. The number of nitrogens with one attached hydrogen (secondary N) is 1. The average molecular weight is 379 g/mol. The predicted molar refractivity (Wildman–Crippen MR) is 101 cm³/mol. The Hall–Kier alpha value is -3.74. The highest BCUT2D eigenvalue weighted by Gasteiger charge is 2.13. The summed E-state index contributed by atoms with van der Waals surface area (Å²) in [5.41, 5.74) is 2.53. The zero-order valence-electron chi connectivity index (χ0n) is 14.8. The van der Waals surface area contributed by atoms with E-state index in [9.17, 15) is 13.6 Å². The molecule has 5 nitrogen and oxygen atoms in total. The summed E-state index contributed by atoms with van der Waals surface area (Å²) < 4.78 is 33.5. The summed E-state index contributed by atoms with van der Waals surface area (Å²) in [6, 6.07) is 14.0. The van der Waals surface area contributed by atoms with Crippen molar-refractivity contribution in [2.45, 2.75) is 0 Å². The first-order chi connectivity index (χ1) is 13.5. The third-order valence-corrected chi connectivity index (χ3v) is 4.28. The third kappa shape index (κ3) is 3.29. The van der Waals surface area contributed by atoms with Gasteiger partial charge in [0, 0.05) is 18.0 Å². The maximum absolute atomic E-state index is 13.5. The van der Waals surface area contributed by atoms with Crippen molar-refractivity contribution in [2.24, 2.45) is 0 Å². The van der Waals surface area contributed by atoms with Gasteiger partial charge in [0.25, 0.3) is 5.91 Å². The fourth-order valence-electron chi connectivity index (χ4n) is 2.89. The van der Waals surface area contributed by atoms with Gasteiger partial charge in [0.2, 0.25) is 0 Å². The van der Waals surface area contributed by atoms with E-state index < -0.39 is 11.6 Å². The van der Waals surface area contributed by atoms with E-state index in [1.165, 1.54) is 13.2 Å². The number of rotatable bonds is 4. The van der Waals surface area contributed by atoms with Crippen molar-refractivity contribution < 1.29 is 18.3 Å². The molecule has 0 aliphatic rings. The zero-order valence-corrected chi connectivity index (χ0v) is 14.8. The van der Waals surface area contributed by atoms with Crippen LogP contribution in [0.5, 0.6) is 5.75 Å². The van der Waals surface area contributed by atoms with Crippen molar-refractivity contribution >= 4 is 17.2 Å². The van der Waals surface area contributed by atoms with Gasteiger partial charge in [-0.05, 0) is 42.5 Å². The second kappa shape index (κ2) is 7.11. The normalized spacial score (nSPS) is 10.8. The van der Waals surface area contributed by atoms with Crippen molar-refractivity contribution in [1.29, 1.82) is 0 Å². The van der Waals surface area contributed by atoms with Gasteiger partial charge in [0.05, 0.1) is 24.1 Å². The molecule has 0 unspecified atom stereocenters. The molecule has 0 saturated heterocycles. The lowest BCUT2D eigenvalue weighted by Gasteiger charge is -2.09. The predicted octanol–water partition coefficient (Wildman–Crippen LogP) is 4.54. The molecule has 0 radical (unpaired) electrons. The summed E-state index contributed by atoms with van der Waals surface area (Å²) in [4.78, 5) is 16.9. The van der Waals surface area contributed by atoms with E-state index in [1.807, 2.05) is 0 Å². The van der Waals surface area contributed by atoms with Crippen LogP contribution in [-0.2, 0) is 0 Å². The Balaban J connectivity index is 1.63. The summed E-state index contributed by atoms with van der Waals surface area (Å²) >= 11 is 0. The molecular weight excluding hydrogens is 364 g/mol. The minimum atomic E-state index is -0.931. The van der Waals surface area contributed by atoms with E-state index in [0.29, 0.717) is 33.9 Å². The number of methoxy groups -OCH3 is 1. The molecule has 0 aliphatic heterocycles. The van der Waals surface area contributed by atoms with Gasteiger partial charge in [-0.1, -0.05) is 12.1 Å². The number of carbonyl (C=O) groups excluding carboxylic acids is 1. The molecule has 2 aromatic carbocycles. The minimum Gasteiger partial charge on any atom is -0.496 e. The van der Waals surface area contributed by atoms with Crippen LogP contribution in [0.15, 0.2) is 67.0 Å². The molecule has 0 bridgehead atoms. The van der Waals surface area contributed by atoms with Crippen LogP contribution >= 0.6 is 0 Å². The molecule has 0 saturated carbocycles. The highest BCUT2D eigenvalue weighted by molar-refractivity contribution is 6.06. The Morgan fingerprint density at radius 2 is 1.86 bits per heavy atom. The molecule has 2 aromatic heterocycles. The summed E-state index contributed by atoms with van der Waals surface area (Å²) in [6.45, 7) is 0. The Kier molecular flexibility index (Phi) is 4.49. The average Bonchev–Trinajstić information content (AvgIpc) is 3.13. The van der Waals surface area contributed by atoms with E-state index in [1.54, 1.807) is 53.2 Å². The van der Waals surface area contributed by atoms with E-state index in [2.05, 4.69) is 10.3 Å². The quantitative estimate of drug-likeness (QED) is 0.566. The monoisotopic (exact) mass is 379 g/mol. The summed E-state index contributed by atoms with van der Waals surface area (Å²) in [5.74, 6) is -1.67. The van der Waals surface area contributed by atoms with Gasteiger partial charge in [-0.25, -0.2) is 13.8 Å². The van der Waals surface area contributed by atoms with Crippen LogP contribution in [0, 0.1) is 11.6 Å². The van der Waals surface area contributed by atoms with Gasteiger partial charge in [-0.3, -0.25) is 4.79 Å². The number of hydrogen-bond donors (Lipinski definition) is 1. The van der Waals surface area contributed by atoms with Crippen LogP contribution in [0.3, 0.4) is 0 Å². The maximum atomic E-state index is 13.5. The smallest absolute Gasteiger partial charge is 0.259 e. The van der Waals surface area contributed by atoms with E-state index in [-0.39, 0.29) is 5.91 Å². The molecular formula is C21H15F2N3O2. The minimum absolute atomic E-state index is 0.308. The maximum Gasteiger partial charge on any atom is 0.259 e. The van der Waals surface area contributed by atoms with Crippen molar-refractivity contribution in [3.63, 3.8) is 0 Å². The fraction of sp³-hybridized carbons (Fsp3) is 0.0476. The van der Waals surface area contributed by atoms with Gasteiger partial charge in [-0.15, -0.1) is 0 Å². The summed E-state index contributed by atoms with van der Waals surface area (Å²) in [5, 5.41) is 2.81. The van der Waals surface area contributed by atoms with Gasteiger partial charge >= 0.3 is 0 Å². The molecule has 7 heteroatoms. The lowest BCUT2D eigenvalue weighted by Crippen LogP contribution is -2.13. The Labute approximate surface area is 159 Å². The van der Waals surface area contributed by atoms with Crippen LogP contribution in [0.4, 0.5) is 14.5 Å². The van der Waals surface area contributed by atoms with Crippen molar-refractivity contribution in [1.82, 2.24) is 9.38 Å². The van der Waals surface area contributed by atoms with Gasteiger partial charge in [0.1, 0.15) is 11.4 Å². The summed E-state index contributed by atoms with van der Waals surface area (Å²) in [6.07, 6.45) is 3.37. The Morgan fingerprint density at radius 1 is 1.04 bits per heavy atom. The highest BCUT2D eigenvalue weighted by Crippen LogP contribution is 2.23. The van der Waals surface area contributed by atoms with Crippen LogP contribution < -0.4 is 10.1 Å². The first-order valence-corrected chi connectivity index (χ1v) is 8.44. The van der Waals surface area contributed by atoms with Crippen LogP contribution in [0.2, 0.25) is 0 Å². The number of hydrogen-bond acceptors (Lipinski definition) is 3. The number of pyridine rings is 1. The number of ether oxygens (including phenoxy) is 1. The van der Waals surface area contributed by atoms with E-state index >= 15 is 0 Å². The van der Waals surface area contributed by atoms with Gasteiger partial charge < -0.3 is 14.5 Å². The van der Waals surface area contributed by atoms with Crippen LogP contribution in [0.1, 0.15) is 10.4 Å². The molecule has 4 rings (SSSR count). The van der Waals surface area contributed by atoms with Gasteiger partial charge in [-0.2, -0.15) is 0 Å². The molecule has 4 aromatic rings. The second-order valence-electron chi connectivity index (χ2n) is 6.09. The number of imidazole rings is 1. The van der Waals surface area contributed by atoms with Gasteiger partial charge in [0.15, 0.2) is 11.6 Å². The Morgan fingerprint density at radius 3 is 2.64 bits per heavy atom. The number of amides is 1. The highest BCUT2D eigenvalue weighted by atomic mass is 19.2. The zero-order chi connectivity index (χ0) is 19.7. The topological polar surface area (TPSA) is 55.6 Å². The number of fused-ring (bicyclic) bond motifs is 1.